The number of halogens is 2. The van der Waals surface area contributed by atoms with Crippen LogP contribution in [0.15, 0.2) is 36.4 Å². The molecule has 0 amide bonds. The molecule has 0 N–H and O–H groups in total. The summed E-state index contributed by atoms with van der Waals surface area (Å²) in [6.07, 6.45) is 1.42. The minimum Gasteiger partial charge on any atom is -0.258 e. The Morgan fingerprint density at radius 3 is 2.17 bits per heavy atom. The van der Waals surface area contributed by atoms with E-state index in [2.05, 4.69) is 10.2 Å². The van der Waals surface area contributed by atoms with Crippen LogP contribution in [0.1, 0.15) is 5.56 Å². The van der Waals surface area contributed by atoms with Crippen LogP contribution in [0.25, 0.3) is 22.8 Å². The first-order chi connectivity index (χ1) is 11.5. The highest BCUT2D eigenvalue weighted by Gasteiger charge is 2.09. The molecule has 1 heterocycles. The lowest BCUT2D eigenvalue weighted by Crippen LogP contribution is -1.94. The molecule has 0 aliphatic heterocycles. The predicted molar refractivity (Wildman–Crippen MR) is 90.4 cm³/mol. The number of nitro benzene ring substituents is 1. The van der Waals surface area contributed by atoms with Gasteiger partial charge in [0.05, 0.1) is 26.7 Å². The van der Waals surface area contributed by atoms with Gasteiger partial charge in [-0.1, -0.05) is 23.2 Å². The molecule has 3 rings (SSSR count). The lowest BCUT2D eigenvalue weighted by atomic mass is 10.1. The molecule has 24 heavy (non-hydrogen) atoms. The number of benzene rings is 2. The van der Waals surface area contributed by atoms with Crippen molar-refractivity contribution in [3.63, 3.8) is 0 Å². The van der Waals surface area contributed by atoms with E-state index >= 15 is 0 Å². The van der Waals surface area contributed by atoms with Crippen LogP contribution in [-0.4, -0.2) is 19.9 Å². The highest BCUT2D eigenvalue weighted by atomic mass is 35.5. The Balaban J connectivity index is 2.01. The minimum atomic E-state index is -0.505. The van der Waals surface area contributed by atoms with Gasteiger partial charge in [0, 0.05) is 12.1 Å². The van der Waals surface area contributed by atoms with Crippen LogP contribution < -0.4 is 0 Å². The van der Waals surface area contributed by atoms with Gasteiger partial charge in [-0.15, -0.1) is 10.2 Å². The van der Waals surface area contributed by atoms with Gasteiger partial charge in [-0.2, -0.15) is 10.1 Å². The summed E-state index contributed by atoms with van der Waals surface area (Å²) in [5, 5.41) is 29.1. The predicted octanol–water partition coefficient (Wildman–Crippen LogP) is 4.17. The summed E-state index contributed by atoms with van der Waals surface area (Å²) >= 11 is 11.9. The maximum Gasteiger partial charge on any atom is 0.269 e. The largest absolute Gasteiger partial charge is 0.269 e. The fraction of sp³-hybridized carbons (Fsp3) is 0. The molecule has 0 aliphatic rings. The molecular weight excluding hydrogens is 353 g/mol. The summed E-state index contributed by atoms with van der Waals surface area (Å²) in [6, 6.07) is 10.8. The van der Waals surface area contributed by atoms with Crippen LogP contribution in [0.5, 0.6) is 0 Å². The summed E-state index contributed by atoms with van der Waals surface area (Å²) in [4.78, 5) is 11.4. The average molecular weight is 360 g/mol. The van der Waals surface area contributed by atoms with Crippen molar-refractivity contribution in [2.24, 2.45) is 0 Å². The van der Waals surface area contributed by atoms with Gasteiger partial charge in [0.1, 0.15) is 17.1 Å². The molecule has 0 atom stereocenters. The molecule has 0 radical (unpaired) electrons. The molecule has 9 heteroatoms. The summed E-state index contributed by atoms with van der Waals surface area (Å²) < 4.78 is 0. The maximum absolute atomic E-state index is 10.7. The SMILES string of the molecule is N#C/C(=C/n1nc2cc(Cl)c(Cl)cc2n1)c1ccc([N+](=O)[O-])cc1. The number of hydrogen-bond donors (Lipinski definition) is 0. The van der Waals surface area contributed by atoms with E-state index in [1.165, 1.54) is 35.3 Å². The zero-order chi connectivity index (χ0) is 17.3. The lowest BCUT2D eigenvalue weighted by Gasteiger charge is -1.98. The van der Waals surface area contributed by atoms with Crippen LogP contribution in [0.2, 0.25) is 10.0 Å². The Morgan fingerprint density at radius 1 is 1.17 bits per heavy atom. The number of nitriles is 1. The van der Waals surface area contributed by atoms with Crippen molar-refractivity contribution in [2.75, 3.05) is 0 Å². The van der Waals surface area contributed by atoms with Crippen LogP contribution >= 0.6 is 23.2 Å². The van der Waals surface area contributed by atoms with Crippen molar-refractivity contribution in [2.45, 2.75) is 0 Å². The molecule has 0 bridgehead atoms. The third-order valence-electron chi connectivity index (χ3n) is 3.19. The monoisotopic (exact) mass is 359 g/mol. The first kappa shape index (κ1) is 15.9. The van der Waals surface area contributed by atoms with E-state index in [0.717, 1.165) is 0 Å². The highest BCUT2D eigenvalue weighted by molar-refractivity contribution is 6.42. The van der Waals surface area contributed by atoms with E-state index in [1.807, 2.05) is 6.07 Å². The summed E-state index contributed by atoms with van der Waals surface area (Å²) in [5.74, 6) is 0. The Hall–Kier alpha value is -2.95. The molecule has 118 valence electrons. The fourth-order valence-electron chi connectivity index (χ4n) is 2.03. The van der Waals surface area contributed by atoms with Crippen LogP contribution in [0, 0.1) is 21.4 Å². The van der Waals surface area contributed by atoms with E-state index in [9.17, 15) is 15.4 Å². The second-order valence-corrected chi connectivity index (χ2v) is 5.55. The van der Waals surface area contributed by atoms with E-state index < -0.39 is 4.92 Å². The normalized spacial score (nSPS) is 11.5. The molecule has 2 aromatic carbocycles. The summed E-state index contributed by atoms with van der Waals surface area (Å²) in [5.41, 5.74) is 1.77. The molecule has 0 spiro atoms. The van der Waals surface area contributed by atoms with Crippen LogP contribution in [0.3, 0.4) is 0 Å². The van der Waals surface area contributed by atoms with Crippen molar-refractivity contribution >= 4 is 51.7 Å². The average Bonchev–Trinajstić information content (AvgIpc) is 2.94. The van der Waals surface area contributed by atoms with Gasteiger partial charge in [-0.25, -0.2) is 0 Å². The van der Waals surface area contributed by atoms with E-state index in [1.54, 1.807) is 12.1 Å². The Bertz CT molecular complexity index is 980. The topological polar surface area (TPSA) is 97.6 Å². The number of non-ortho nitro benzene ring substituents is 1. The minimum absolute atomic E-state index is 0.0525. The van der Waals surface area contributed by atoms with Gasteiger partial charge in [0.2, 0.25) is 0 Å². The van der Waals surface area contributed by atoms with Gasteiger partial charge in [-0.05, 0) is 29.8 Å². The molecule has 0 saturated heterocycles. The van der Waals surface area contributed by atoms with Crippen molar-refractivity contribution < 1.29 is 4.92 Å². The molecule has 0 aliphatic carbocycles. The Labute approximate surface area is 145 Å². The number of nitrogens with zero attached hydrogens (tertiary/aromatic N) is 5. The van der Waals surface area contributed by atoms with Crippen molar-refractivity contribution in [3.8, 4) is 6.07 Å². The molecular formula is C15H7Cl2N5O2. The molecule has 7 nitrogen and oxygen atoms in total. The Kier molecular flexibility index (Phi) is 4.16. The third kappa shape index (κ3) is 3.06. The van der Waals surface area contributed by atoms with E-state index in [-0.39, 0.29) is 11.3 Å². The number of hydrogen-bond acceptors (Lipinski definition) is 5. The van der Waals surface area contributed by atoms with E-state index in [4.69, 9.17) is 23.2 Å². The number of rotatable bonds is 3. The third-order valence-corrected chi connectivity index (χ3v) is 3.91. The van der Waals surface area contributed by atoms with Crippen molar-refractivity contribution in [1.29, 1.82) is 5.26 Å². The van der Waals surface area contributed by atoms with Gasteiger partial charge in [0.15, 0.2) is 0 Å². The molecule has 0 fully saturated rings. The first-order valence-electron chi connectivity index (χ1n) is 6.56. The van der Waals surface area contributed by atoms with Gasteiger partial charge in [-0.3, -0.25) is 10.1 Å². The van der Waals surface area contributed by atoms with E-state index in [0.29, 0.717) is 26.6 Å². The zero-order valence-electron chi connectivity index (χ0n) is 11.8. The smallest absolute Gasteiger partial charge is 0.258 e. The van der Waals surface area contributed by atoms with Crippen LogP contribution in [0.4, 0.5) is 5.69 Å². The summed E-state index contributed by atoms with van der Waals surface area (Å²) in [6.45, 7) is 0. The summed E-state index contributed by atoms with van der Waals surface area (Å²) in [7, 11) is 0. The number of aromatic nitrogens is 3. The lowest BCUT2D eigenvalue weighted by molar-refractivity contribution is -0.384. The molecule has 0 saturated carbocycles. The van der Waals surface area contributed by atoms with Gasteiger partial charge < -0.3 is 0 Å². The molecule has 1 aromatic heterocycles. The van der Waals surface area contributed by atoms with Gasteiger partial charge in [0.25, 0.3) is 5.69 Å². The van der Waals surface area contributed by atoms with Crippen molar-refractivity contribution in [3.05, 3.63) is 62.1 Å². The molecule has 0 unspecified atom stereocenters. The van der Waals surface area contributed by atoms with Gasteiger partial charge >= 0.3 is 0 Å². The highest BCUT2D eigenvalue weighted by Crippen LogP contribution is 2.26. The zero-order valence-corrected chi connectivity index (χ0v) is 13.4. The van der Waals surface area contributed by atoms with Crippen LogP contribution in [-0.2, 0) is 0 Å². The Morgan fingerprint density at radius 2 is 1.71 bits per heavy atom. The number of nitro groups is 1. The second-order valence-electron chi connectivity index (χ2n) is 4.73. The first-order valence-corrected chi connectivity index (χ1v) is 7.32. The molecule has 3 aromatic rings. The maximum atomic E-state index is 10.7. The second kappa shape index (κ2) is 6.28. The quantitative estimate of drug-likeness (QED) is 0.397. The van der Waals surface area contributed by atoms with Crippen molar-refractivity contribution in [1.82, 2.24) is 15.0 Å². The number of allylic oxidation sites excluding steroid dienone is 1. The standard InChI is InChI=1S/C15H7Cl2N5O2/c16-12-5-14-15(6-13(12)17)20-21(19-14)8-10(7-18)9-1-3-11(4-2-9)22(23)24/h1-6,8H/b10-8-. The fourth-order valence-corrected chi connectivity index (χ4v) is 2.35. The number of fused-ring (bicyclic) bond motifs is 1.